The number of hydrogen-bond acceptors (Lipinski definition) is 2. The molecule has 0 heterocycles. The molecule has 0 radical (unpaired) electrons. The average Bonchev–Trinajstić information content (AvgIpc) is 2.85. The minimum atomic E-state index is -0.671. The summed E-state index contributed by atoms with van der Waals surface area (Å²) < 4.78 is 0. The van der Waals surface area contributed by atoms with Gasteiger partial charge in [-0.1, -0.05) is 26.3 Å². The Hall–Kier alpha value is -0.630. The van der Waals surface area contributed by atoms with E-state index in [1.807, 2.05) is 6.08 Å². The van der Waals surface area contributed by atoms with Gasteiger partial charge >= 0.3 is 0 Å². The number of carbonyl (C=O) groups is 1. The molecule has 4 aliphatic carbocycles. The molecule has 1 N–H and O–H groups in total. The molecule has 0 spiro atoms. The Labute approximate surface area is 147 Å². The van der Waals surface area contributed by atoms with Crippen LogP contribution in [0.5, 0.6) is 0 Å². The van der Waals surface area contributed by atoms with Gasteiger partial charge in [-0.3, -0.25) is 4.79 Å². The first-order valence-corrected chi connectivity index (χ1v) is 10.3. The third-order valence-corrected chi connectivity index (χ3v) is 8.96. The van der Waals surface area contributed by atoms with E-state index in [0.717, 1.165) is 56.3 Å². The first kappa shape index (κ1) is 16.8. The molecule has 4 rings (SSSR count). The van der Waals surface area contributed by atoms with Crippen molar-refractivity contribution in [2.45, 2.75) is 77.2 Å². The summed E-state index contributed by atoms with van der Waals surface area (Å²) in [6, 6.07) is 0. The summed E-state index contributed by atoms with van der Waals surface area (Å²) in [5, 5.41) is 11.3. The molecule has 0 saturated heterocycles. The van der Waals surface area contributed by atoms with Gasteiger partial charge in [0, 0.05) is 18.3 Å². The number of fused-ring (bicyclic) bond motifs is 5. The van der Waals surface area contributed by atoms with Crippen LogP contribution < -0.4 is 0 Å². The first-order valence-electron chi connectivity index (χ1n) is 10.3. The quantitative estimate of drug-likeness (QED) is 0.741. The van der Waals surface area contributed by atoms with Gasteiger partial charge < -0.3 is 5.11 Å². The molecular formula is C22H34O2. The number of Topliss-reactive ketones (excluding diaryl/α,β-unsaturated/α-hetero) is 1. The molecule has 0 aromatic rings. The maximum Gasteiger partial charge on any atom is 0.133 e. The largest absolute Gasteiger partial charge is 0.385 e. The summed E-state index contributed by atoms with van der Waals surface area (Å²) >= 11 is 0. The third-order valence-electron chi connectivity index (χ3n) is 8.96. The van der Waals surface area contributed by atoms with E-state index >= 15 is 0 Å². The predicted octanol–water partition coefficient (Wildman–Crippen LogP) is 4.76. The molecule has 24 heavy (non-hydrogen) atoms. The lowest BCUT2D eigenvalue weighted by molar-refractivity contribution is -0.143. The lowest BCUT2D eigenvalue weighted by Crippen LogP contribution is -2.56. The van der Waals surface area contributed by atoms with Crippen LogP contribution in [0, 0.1) is 40.9 Å². The molecule has 134 valence electrons. The Morgan fingerprint density at radius 2 is 2.04 bits per heavy atom. The first-order chi connectivity index (χ1) is 11.4. The molecule has 4 fully saturated rings. The van der Waals surface area contributed by atoms with E-state index < -0.39 is 5.60 Å². The molecular weight excluding hydrogens is 296 g/mol. The zero-order chi connectivity index (χ0) is 17.1. The van der Waals surface area contributed by atoms with Crippen molar-refractivity contribution in [3.63, 3.8) is 0 Å². The molecule has 4 saturated carbocycles. The summed E-state index contributed by atoms with van der Waals surface area (Å²) in [5.41, 5.74) is -0.663. The van der Waals surface area contributed by atoms with E-state index in [1.54, 1.807) is 0 Å². The fraction of sp³-hybridized carbons (Fsp3) is 0.864. The second-order valence-electron chi connectivity index (χ2n) is 9.59. The van der Waals surface area contributed by atoms with Crippen LogP contribution in [0.1, 0.15) is 71.6 Å². The highest BCUT2D eigenvalue weighted by Crippen LogP contribution is 2.67. The molecule has 5 unspecified atom stereocenters. The van der Waals surface area contributed by atoms with E-state index in [9.17, 15) is 9.90 Å². The zero-order valence-corrected chi connectivity index (χ0v) is 15.5. The Kier molecular flexibility index (Phi) is 3.99. The van der Waals surface area contributed by atoms with E-state index in [1.165, 1.54) is 19.3 Å². The fourth-order valence-electron chi connectivity index (χ4n) is 7.77. The van der Waals surface area contributed by atoms with Crippen LogP contribution in [0.15, 0.2) is 12.7 Å². The van der Waals surface area contributed by atoms with Crippen LogP contribution >= 0.6 is 0 Å². The highest BCUT2D eigenvalue weighted by Gasteiger charge is 2.63. The number of aliphatic hydroxyl groups is 1. The van der Waals surface area contributed by atoms with Crippen molar-refractivity contribution in [2.75, 3.05) is 0 Å². The topological polar surface area (TPSA) is 37.3 Å². The minimum absolute atomic E-state index is 0.00785. The maximum absolute atomic E-state index is 11.9. The van der Waals surface area contributed by atoms with Crippen molar-refractivity contribution in [1.29, 1.82) is 0 Å². The Balaban J connectivity index is 1.68. The summed E-state index contributed by atoms with van der Waals surface area (Å²) in [5.74, 6) is 4.85. The Bertz CT molecular complexity index is 540. The summed E-state index contributed by atoms with van der Waals surface area (Å²) in [6.45, 7) is 8.68. The maximum atomic E-state index is 11.9. The zero-order valence-electron chi connectivity index (χ0n) is 15.5. The van der Waals surface area contributed by atoms with E-state index in [2.05, 4.69) is 20.4 Å². The van der Waals surface area contributed by atoms with E-state index in [4.69, 9.17) is 0 Å². The smallest absolute Gasteiger partial charge is 0.133 e. The molecule has 0 amide bonds. The fourth-order valence-corrected chi connectivity index (χ4v) is 7.77. The predicted molar refractivity (Wildman–Crippen MR) is 96.4 cm³/mol. The Morgan fingerprint density at radius 1 is 1.25 bits per heavy atom. The average molecular weight is 331 g/mol. The normalized spacial score (nSPS) is 53.9. The van der Waals surface area contributed by atoms with Crippen molar-refractivity contribution < 1.29 is 9.90 Å². The van der Waals surface area contributed by atoms with Crippen LogP contribution in [0.25, 0.3) is 0 Å². The number of carbonyl (C=O) groups excluding carboxylic acids is 1. The molecule has 0 aliphatic heterocycles. The molecule has 2 heteroatoms. The van der Waals surface area contributed by atoms with Gasteiger partial charge in [-0.25, -0.2) is 0 Å². The van der Waals surface area contributed by atoms with Gasteiger partial charge in [0.05, 0.1) is 5.60 Å². The van der Waals surface area contributed by atoms with Crippen LogP contribution in [0.2, 0.25) is 0 Å². The minimum Gasteiger partial charge on any atom is -0.385 e. The highest BCUT2D eigenvalue weighted by atomic mass is 16.3. The highest BCUT2D eigenvalue weighted by molar-refractivity contribution is 5.79. The molecule has 0 bridgehead atoms. The summed E-state index contributed by atoms with van der Waals surface area (Å²) in [6.07, 6.45) is 11.6. The second-order valence-corrected chi connectivity index (χ2v) is 9.59. The van der Waals surface area contributed by atoms with Crippen LogP contribution in [0.4, 0.5) is 0 Å². The molecule has 4 aliphatic rings. The monoisotopic (exact) mass is 330 g/mol. The number of rotatable bonds is 2. The van der Waals surface area contributed by atoms with Gasteiger partial charge in [0.15, 0.2) is 0 Å². The third kappa shape index (κ3) is 2.14. The van der Waals surface area contributed by atoms with Crippen LogP contribution in [-0.2, 0) is 4.79 Å². The van der Waals surface area contributed by atoms with Crippen molar-refractivity contribution in [1.82, 2.24) is 0 Å². The molecule has 8 atom stereocenters. The van der Waals surface area contributed by atoms with Crippen molar-refractivity contribution in [2.24, 2.45) is 40.9 Å². The van der Waals surface area contributed by atoms with Crippen LogP contribution in [-0.4, -0.2) is 16.5 Å². The van der Waals surface area contributed by atoms with E-state index in [0.29, 0.717) is 23.5 Å². The van der Waals surface area contributed by atoms with Crippen molar-refractivity contribution in [3.8, 4) is 0 Å². The molecule has 0 aromatic carbocycles. The molecule has 0 aromatic heterocycles. The van der Waals surface area contributed by atoms with Gasteiger partial charge in [-0.15, -0.1) is 6.58 Å². The lowest BCUT2D eigenvalue weighted by atomic mass is 9.46. The SMILES string of the molecule is C=C[C@]1(O)CCC2C3CCC4CC(=O)CCC4C3[C@@H](CC)C[C@@]21C. The standard InChI is InChI=1S/C22H34O2/c1-4-14-13-21(3)19(10-11-22(21,24)5-2)18-8-6-15-12-16(23)7-9-17(15)20(14)18/h5,14-15,17-20,24H,2,4,6-13H2,1,3H3/t14-,15?,17?,18?,19?,20?,21-,22-/m0/s1. The summed E-state index contributed by atoms with van der Waals surface area (Å²) in [7, 11) is 0. The number of hydrogen-bond donors (Lipinski definition) is 1. The van der Waals surface area contributed by atoms with Gasteiger partial charge in [-0.2, -0.15) is 0 Å². The molecule has 2 nitrogen and oxygen atoms in total. The van der Waals surface area contributed by atoms with Gasteiger partial charge in [0.1, 0.15) is 5.78 Å². The number of ketones is 1. The summed E-state index contributed by atoms with van der Waals surface area (Å²) in [4.78, 5) is 11.9. The lowest BCUT2D eigenvalue weighted by Gasteiger charge is -2.59. The van der Waals surface area contributed by atoms with Gasteiger partial charge in [-0.05, 0) is 74.0 Å². The van der Waals surface area contributed by atoms with Crippen molar-refractivity contribution >= 4 is 5.78 Å². The van der Waals surface area contributed by atoms with Gasteiger partial charge in [0.2, 0.25) is 0 Å². The van der Waals surface area contributed by atoms with E-state index in [-0.39, 0.29) is 5.41 Å². The van der Waals surface area contributed by atoms with Gasteiger partial charge in [0.25, 0.3) is 0 Å². The Morgan fingerprint density at radius 3 is 2.75 bits per heavy atom. The van der Waals surface area contributed by atoms with Crippen LogP contribution in [0.3, 0.4) is 0 Å². The second kappa shape index (κ2) is 5.69. The van der Waals surface area contributed by atoms with Crippen molar-refractivity contribution in [3.05, 3.63) is 12.7 Å².